The fraction of sp³-hybridized carbons (Fsp3) is 0.333. The summed E-state index contributed by atoms with van der Waals surface area (Å²) in [6.45, 7) is 6.29. The maximum Gasteiger partial charge on any atom is 0.260 e. The first-order valence-electron chi connectivity index (χ1n) is 9.11. The Bertz CT molecular complexity index is 907. The monoisotopic (exact) mass is 398 g/mol. The second-order valence-corrected chi connectivity index (χ2v) is 7.29. The number of ether oxygens (including phenoxy) is 1. The van der Waals surface area contributed by atoms with Gasteiger partial charge in [-0.05, 0) is 55.3 Å². The molecule has 2 N–H and O–H groups in total. The second kappa shape index (κ2) is 8.41. The molecule has 3 rings (SSSR count). The van der Waals surface area contributed by atoms with Gasteiger partial charge in [0.05, 0.1) is 11.3 Å². The minimum absolute atomic E-state index is 0.00811. The van der Waals surface area contributed by atoms with Gasteiger partial charge in [0.15, 0.2) is 6.61 Å². The minimum Gasteiger partial charge on any atom is -0.484 e. The van der Waals surface area contributed by atoms with Crippen molar-refractivity contribution in [2.75, 3.05) is 43.4 Å². The van der Waals surface area contributed by atoms with Gasteiger partial charge < -0.3 is 20.3 Å². The van der Waals surface area contributed by atoms with Crippen LogP contribution in [0.1, 0.15) is 16.7 Å². The lowest BCUT2D eigenvalue weighted by atomic mass is 10.1. The highest BCUT2D eigenvalue weighted by atomic mass is 35.5. The van der Waals surface area contributed by atoms with Crippen LogP contribution in [0.15, 0.2) is 30.3 Å². The third-order valence-corrected chi connectivity index (χ3v) is 5.48. The molecule has 2 aromatic rings. The number of hydrogen-bond donors (Lipinski definition) is 1. The normalized spacial score (nSPS) is 13.9. The first kappa shape index (κ1) is 19.8. The Hall–Kier alpha value is -2.91. The molecule has 1 heterocycles. The van der Waals surface area contributed by atoms with Gasteiger partial charge in [0.2, 0.25) is 0 Å². The lowest BCUT2D eigenvalue weighted by Gasteiger charge is -2.36. The molecule has 0 bridgehead atoms. The van der Waals surface area contributed by atoms with Crippen LogP contribution in [-0.4, -0.2) is 43.6 Å². The van der Waals surface area contributed by atoms with Gasteiger partial charge in [-0.2, -0.15) is 5.26 Å². The highest BCUT2D eigenvalue weighted by molar-refractivity contribution is 6.32. The fourth-order valence-electron chi connectivity index (χ4n) is 3.34. The number of amides is 1. The number of nitrogen functional groups attached to an aromatic ring is 1. The van der Waals surface area contributed by atoms with Crippen LogP contribution in [0.2, 0.25) is 5.02 Å². The van der Waals surface area contributed by atoms with Crippen molar-refractivity contribution < 1.29 is 9.53 Å². The molecule has 1 aliphatic rings. The van der Waals surface area contributed by atoms with Crippen molar-refractivity contribution in [1.29, 1.82) is 5.26 Å². The van der Waals surface area contributed by atoms with Crippen molar-refractivity contribution in [1.82, 2.24) is 4.90 Å². The van der Waals surface area contributed by atoms with Gasteiger partial charge in [-0.1, -0.05) is 11.6 Å². The zero-order valence-electron chi connectivity index (χ0n) is 16.0. The number of carbonyl (C=O) groups is 1. The summed E-state index contributed by atoms with van der Waals surface area (Å²) in [5, 5.41) is 10.0. The number of benzene rings is 2. The molecular weight excluding hydrogens is 376 g/mol. The molecule has 1 fully saturated rings. The van der Waals surface area contributed by atoms with E-state index < -0.39 is 0 Å². The summed E-state index contributed by atoms with van der Waals surface area (Å²) in [4.78, 5) is 16.4. The molecule has 1 amide bonds. The minimum atomic E-state index is -0.0530. The van der Waals surface area contributed by atoms with Crippen LogP contribution in [0.25, 0.3) is 0 Å². The predicted molar refractivity (Wildman–Crippen MR) is 111 cm³/mol. The number of carbonyl (C=O) groups excluding carboxylic acids is 1. The molecule has 0 aliphatic carbocycles. The zero-order valence-corrected chi connectivity index (χ0v) is 16.8. The van der Waals surface area contributed by atoms with E-state index in [1.807, 2.05) is 32.0 Å². The van der Waals surface area contributed by atoms with Gasteiger partial charge in [-0.3, -0.25) is 4.79 Å². The number of aryl methyl sites for hydroxylation is 2. The molecule has 2 aromatic carbocycles. The first-order valence-corrected chi connectivity index (χ1v) is 9.48. The summed E-state index contributed by atoms with van der Waals surface area (Å²) in [5.41, 5.74) is 9.58. The Morgan fingerprint density at radius 2 is 1.82 bits per heavy atom. The molecule has 6 nitrogen and oxygen atoms in total. The summed E-state index contributed by atoms with van der Waals surface area (Å²) >= 11 is 6.17. The number of nitrogens with two attached hydrogens (primary N) is 1. The lowest BCUT2D eigenvalue weighted by Crippen LogP contribution is -2.50. The Kier molecular flexibility index (Phi) is 5.96. The van der Waals surface area contributed by atoms with Crippen LogP contribution in [0.5, 0.6) is 5.75 Å². The van der Waals surface area contributed by atoms with E-state index in [1.165, 1.54) is 0 Å². The van der Waals surface area contributed by atoms with Gasteiger partial charge in [-0.15, -0.1) is 0 Å². The Morgan fingerprint density at radius 1 is 1.18 bits per heavy atom. The summed E-state index contributed by atoms with van der Waals surface area (Å²) in [7, 11) is 0. The Balaban J connectivity index is 1.56. The van der Waals surface area contributed by atoms with E-state index in [9.17, 15) is 10.1 Å². The fourth-order valence-corrected chi connectivity index (χ4v) is 3.45. The van der Waals surface area contributed by atoms with Crippen molar-refractivity contribution in [3.8, 4) is 11.8 Å². The SMILES string of the molecule is Cc1cc(OCC(=O)N2CCN(c3ccc(N)cc3C#N)CC2)cc(C)c1Cl. The van der Waals surface area contributed by atoms with Crippen molar-refractivity contribution >= 4 is 28.9 Å². The molecule has 0 spiro atoms. The number of hydrogen-bond acceptors (Lipinski definition) is 5. The number of halogens is 1. The van der Waals surface area contributed by atoms with E-state index >= 15 is 0 Å². The van der Waals surface area contributed by atoms with Gasteiger partial charge in [-0.25, -0.2) is 0 Å². The van der Waals surface area contributed by atoms with Gasteiger partial charge in [0.1, 0.15) is 11.8 Å². The summed E-state index contributed by atoms with van der Waals surface area (Å²) in [6.07, 6.45) is 0. The van der Waals surface area contributed by atoms with E-state index in [0.717, 1.165) is 16.8 Å². The average Bonchev–Trinajstić information content (AvgIpc) is 2.70. The van der Waals surface area contributed by atoms with E-state index in [2.05, 4.69) is 11.0 Å². The van der Waals surface area contributed by atoms with Crippen LogP contribution in [0, 0.1) is 25.2 Å². The topological polar surface area (TPSA) is 82.6 Å². The molecule has 0 unspecified atom stereocenters. The molecule has 0 radical (unpaired) electrons. The third kappa shape index (κ3) is 4.32. The number of nitriles is 1. The maximum atomic E-state index is 12.5. The molecule has 1 saturated heterocycles. The quantitative estimate of drug-likeness (QED) is 0.800. The van der Waals surface area contributed by atoms with E-state index in [0.29, 0.717) is 48.2 Å². The molecular formula is C21H23ClN4O2. The standard InChI is InChI=1S/C21H23ClN4O2/c1-14-9-18(10-15(2)21(14)22)28-13-20(27)26-7-5-25(6-8-26)19-4-3-17(24)11-16(19)12-23/h3-4,9-11H,5-8,13,24H2,1-2H3. The van der Waals surface area contributed by atoms with E-state index in [1.54, 1.807) is 17.0 Å². The molecule has 28 heavy (non-hydrogen) atoms. The van der Waals surface area contributed by atoms with Crippen molar-refractivity contribution in [2.24, 2.45) is 0 Å². The van der Waals surface area contributed by atoms with Crippen LogP contribution >= 0.6 is 11.6 Å². The van der Waals surface area contributed by atoms with Crippen LogP contribution in [0.4, 0.5) is 11.4 Å². The highest BCUT2D eigenvalue weighted by Gasteiger charge is 2.23. The van der Waals surface area contributed by atoms with E-state index in [4.69, 9.17) is 22.1 Å². The maximum absolute atomic E-state index is 12.5. The summed E-state index contributed by atoms with van der Waals surface area (Å²) in [6, 6.07) is 11.2. The third-order valence-electron chi connectivity index (χ3n) is 4.89. The average molecular weight is 399 g/mol. The number of rotatable bonds is 4. The number of nitrogens with zero attached hydrogens (tertiary/aromatic N) is 3. The largest absolute Gasteiger partial charge is 0.484 e. The molecule has 0 saturated carbocycles. The molecule has 1 aliphatic heterocycles. The molecule has 0 aromatic heterocycles. The van der Waals surface area contributed by atoms with Crippen molar-refractivity contribution in [3.63, 3.8) is 0 Å². The predicted octanol–water partition coefficient (Wildman–Crippen LogP) is 3.14. The van der Waals surface area contributed by atoms with Gasteiger partial charge in [0.25, 0.3) is 5.91 Å². The highest BCUT2D eigenvalue weighted by Crippen LogP contribution is 2.26. The Labute approximate surface area is 170 Å². The van der Waals surface area contributed by atoms with E-state index in [-0.39, 0.29) is 12.5 Å². The Morgan fingerprint density at radius 3 is 2.43 bits per heavy atom. The smallest absolute Gasteiger partial charge is 0.260 e. The van der Waals surface area contributed by atoms with Crippen LogP contribution in [0.3, 0.4) is 0 Å². The summed E-state index contributed by atoms with van der Waals surface area (Å²) in [5.74, 6) is 0.592. The molecule has 146 valence electrons. The van der Waals surface area contributed by atoms with Crippen molar-refractivity contribution in [3.05, 3.63) is 52.0 Å². The molecule has 7 heteroatoms. The lowest BCUT2D eigenvalue weighted by molar-refractivity contribution is -0.133. The van der Waals surface area contributed by atoms with Gasteiger partial charge in [0, 0.05) is 36.9 Å². The number of piperazine rings is 1. The molecule has 0 atom stereocenters. The number of anilines is 2. The summed E-state index contributed by atoms with van der Waals surface area (Å²) < 4.78 is 5.68. The van der Waals surface area contributed by atoms with Crippen LogP contribution < -0.4 is 15.4 Å². The zero-order chi connectivity index (χ0) is 20.3. The van der Waals surface area contributed by atoms with Crippen molar-refractivity contribution in [2.45, 2.75) is 13.8 Å². The first-order chi connectivity index (χ1) is 13.4. The van der Waals surface area contributed by atoms with Crippen LogP contribution in [-0.2, 0) is 4.79 Å². The van der Waals surface area contributed by atoms with Gasteiger partial charge >= 0.3 is 0 Å². The second-order valence-electron chi connectivity index (χ2n) is 6.92.